The zero-order chi connectivity index (χ0) is 9.78. The second-order valence-corrected chi connectivity index (χ2v) is 3.12. The lowest BCUT2D eigenvalue weighted by Crippen LogP contribution is -2.08. The van der Waals surface area contributed by atoms with Crippen LogP contribution >= 0.6 is 7.82 Å². The van der Waals surface area contributed by atoms with Gasteiger partial charge in [-0.2, -0.15) is 0 Å². The minimum absolute atomic E-state index is 0.703. The molecule has 12 heavy (non-hydrogen) atoms. The fourth-order valence-corrected chi connectivity index (χ4v) is 1.10. The molecule has 0 aliphatic carbocycles. The third-order valence-corrected chi connectivity index (χ3v) is 1.64. The molecular weight excluding hydrogens is 187 g/mol. The van der Waals surface area contributed by atoms with Crippen molar-refractivity contribution in [3.8, 4) is 0 Å². The molecule has 0 bridgehead atoms. The molecule has 0 fully saturated rings. The van der Waals surface area contributed by atoms with Gasteiger partial charge in [-0.25, -0.2) is 13.9 Å². The zero-order valence-electron chi connectivity index (χ0n) is 6.34. The highest BCUT2D eigenvalue weighted by molar-refractivity contribution is 7.48. The first-order chi connectivity index (χ1) is 5.37. The third kappa shape index (κ3) is 5.03. The number of aliphatic hydroxyl groups is 1. The summed E-state index contributed by atoms with van der Waals surface area (Å²) in [6, 6.07) is 0. The van der Waals surface area contributed by atoms with Crippen LogP contribution < -0.4 is 0 Å². The molecule has 0 aromatic rings. The first-order valence-corrected chi connectivity index (χ1v) is 4.42. The minimum atomic E-state index is -4.49. The van der Waals surface area contributed by atoms with E-state index in [-0.39, 0.29) is 0 Å². The van der Waals surface area contributed by atoms with Gasteiger partial charge in [0.2, 0.25) is 0 Å². The van der Waals surface area contributed by atoms with Crippen LogP contribution in [0.15, 0.2) is 12.7 Å². The average molecular weight is 196 g/mol. The Balaban J connectivity index is 4.13. The zero-order valence-corrected chi connectivity index (χ0v) is 7.23. The van der Waals surface area contributed by atoms with Crippen LogP contribution in [0.4, 0.5) is 0 Å². The van der Waals surface area contributed by atoms with Gasteiger partial charge < -0.3 is 9.63 Å². The molecule has 2 N–H and O–H groups in total. The Morgan fingerprint density at radius 2 is 2.25 bits per heavy atom. The van der Waals surface area contributed by atoms with Crippen molar-refractivity contribution in [1.82, 2.24) is 0 Å². The fourth-order valence-electron chi connectivity index (χ4n) is 0.365. The van der Waals surface area contributed by atoms with Gasteiger partial charge in [-0.1, -0.05) is 6.58 Å². The Labute approximate surface area is 69.0 Å². The normalized spacial score (nSPS) is 17.6. The van der Waals surface area contributed by atoms with Crippen molar-refractivity contribution in [3.63, 3.8) is 0 Å². The molecule has 0 saturated carbocycles. The molecule has 0 aromatic heterocycles. The number of phosphoric acid groups is 1. The molecule has 0 radical (unpaired) electrons. The number of hydrogen-bond acceptors (Lipinski definition) is 5. The lowest BCUT2D eigenvalue weighted by atomic mass is 10.7. The maximum absolute atomic E-state index is 10.7. The molecule has 0 aliphatic heterocycles. The number of aliphatic hydroxyl groups excluding tert-OH is 1. The van der Waals surface area contributed by atoms with E-state index >= 15 is 0 Å². The number of hydrogen-bond donors (Lipinski definition) is 2. The second kappa shape index (κ2) is 4.37. The second-order valence-electron chi connectivity index (χ2n) is 1.79. The SMILES string of the molecule is C=CC(=O)OP(=O)(O)OC(C)O. The van der Waals surface area contributed by atoms with Crippen LogP contribution in [0.1, 0.15) is 6.92 Å². The van der Waals surface area contributed by atoms with Crippen LogP contribution in [0.5, 0.6) is 0 Å². The first kappa shape index (κ1) is 11.3. The molecule has 2 unspecified atom stereocenters. The Bertz CT molecular complexity index is 222. The Kier molecular flexibility index (Phi) is 4.12. The van der Waals surface area contributed by atoms with Crippen molar-refractivity contribution < 1.29 is 28.4 Å². The van der Waals surface area contributed by atoms with Crippen molar-refractivity contribution in [2.75, 3.05) is 0 Å². The largest absolute Gasteiger partial charge is 0.532 e. The lowest BCUT2D eigenvalue weighted by molar-refractivity contribution is -0.131. The predicted molar refractivity (Wildman–Crippen MR) is 38.9 cm³/mol. The van der Waals surface area contributed by atoms with E-state index in [4.69, 9.17) is 10.00 Å². The van der Waals surface area contributed by atoms with Crippen LogP contribution in [0, 0.1) is 0 Å². The van der Waals surface area contributed by atoms with Crippen molar-refractivity contribution in [1.29, 1.82) is 0 Å². The molecular formula is C5H9O6P. The molecule has 70 valence electrons. The average Bonchev–Trinajstić information content (AvgIpc) is 1.83. The summed E-state index contributed by atoms with van der Waals surface area (Å²) < 4.78 is 18.5. The predicted octanol–water partition coefficient (Wildman–Crippen LogP) is 0.171. The molecule has 0 amide bonds. The summed E-state index contributed by atoms with van der Waals surface area (Å²) in [5.74, 6) is -1.10. The molecule has 7 heteroatoms. The minimum Gasteiger partial charge on any atom is -0.368 e. The van der Waals surface area contributed by atoms with E-state index in [9.17, 15) is 9.36 Å². The van der Waals surface area contributed by atoms with Crippen molar-refractivity contribution in [2.24, 2.45) is 0 Å². The van der Waals surface area contributed by atoms with E-state index < -0.39 is 20.1 Å². The van der Waals surface area contributed by atoms with Gasteiger partial charge in [-0.15, -0.1) is 0 Å². The van der Waals surface area contributed by atoms with Gasteiger partial charge in [-0.05, 0) is 6.92 Å². The van der Waals surface area contributed by atoms with Crippen LogP contribution in [0.25, 0.3) is 0 Å². The summed E-state index contributed by atoms with van der Waals surface area (Å²) in [4.78, 5) is 19.0. The first-order valence-electron chi connectivity index (χ1n) is 2.92. The van der Waals surface area contributed by atoms with Crippen molar-refractivity contribution >= 4 is 13.8 Å². The summed E-state index contributed by atoms with van der Waals surface area (Å²) in [6.07, 6.45) is -0.785. The van der Waals surface area contributed by atoms with E-state index in [0.717, 1.165) is 6.92 Å². The van der Waals surface area contributed by atoms with Crippen molar-refractivity contribution in [3.05, 3.63) is 12.7 Å². The molecule has 0 saturated heterocycles. The smallest absolute Gasteiger partial charge is 0.368 e. The van der Waals surface area contributed by atoms with Gasteiger partial charge in [-0.3, -0.25) is 4.89 Å². The van der Waals surface area contributed by atoms with E-state index in [1.807, 2.05) is 0 Å². The number of rotatable bonds is 4. The molecule has 0 spiro atoms. The highest BCUT2D eigenvalue weighted by atomic mass is 31.2. The third-order valence-electron chi connectivity index (χ3n) is 0.658. The molecule has 0 rings (SSSR count). The lowest BCUT2D eigenvalue weighted by Gasteiger charge is -2.11. The molecule has 0 heterocycles. The fraction of sp³-hybridized carbons (Fsp3) is 0.400. The van der Waals surface area contributed by atoms with Crippen LogP contribution in [0.3, 0.4) is 0 Å². The van der Waals surface area contributed by atoms with Gasteiger partial charge in [0, 0.05) is 6.08 Å². The van der Waals surface area contributed by atoms with Crippen molar-refractivity contribution in [2.45, 2.75) is 13.2 Å². The van der Waals surface area contributed by atoms with E-state index in [1.165, 1.54) is 0 Å². The number of carbonyl (C=O) groups is 1. The van der Waals surface area contributed by atoms with E-state index in [0.29, 0.717) is 6.08 Å². The van der Waals surface area contributed by atoms with Gasteiger partial charge in [0.15, 0.2) is 6.29 Å². The summed E-state index contributed by atoms with van der Waals surface area (Å²) in [5, 5.41) is 8.50. The summed E-state index contributed by atoms with van der Waals surface area (Å²) in [5.41, 5.74) is 0. The molecule has 0 aromatic carbocycles. The highest BCUT2D eigenvalue weighted by Crippen LogP contribution is 2.44. The summed E-state index contributed by atoms with van der Waals surface area (Å²) >= 11 is 0. The van der Waals surface area contributed by atoms with E-state index in [2.05, 4.69) is 15.6 Å². The summed E-state index contributed by atoms with van der Waals surface area (Å²) in [6.45, 7) is 4.10. The van der Waals surface area contributed by atoms with Crippen LogP contribution in [0.2, 0.25) is 0 Å². The highest BCUT2D eigenvalue weighted by Gasteiger charge is 2.26. The van der Waals surface area contributed by atoms with Crippen LogP contribution in [-0.2, 0) is 18.4 Å². The topological polar surface area (TPSA) is 93.1 Å². The maximum Gasteiger partial charge on any atom is 0.532 e. The van der Waals surface area contributed by atoms with Gasteiger partial charge in [0.25, 0.3) is 0 Å². The number of phosphoric ester groups is 1. The number of carbonyl (C=O) groups excluding carboxylic acids is 1. The van der Waals surface area contributed by atoms with Gasteiger partial charge in [0.1, 0.15) is 0 Å². The quantitative estimate of drug-likeness (QED) is 0.378. The standard InChI is InChI=1S/C5H9O6P/c1-3-5(7)11-12(8,9)10-4(2)6/h3-4,6H,1H2,2H3,(H,8,9). The molecule has 2 atom stereocenters. The van der Waals surface area contributed by atoms with Gasteiger partial charge in [0.05, 0.1) is 0 Å². The van der Waals surface area contributed by atoms with E-state index in [1.54, 1.807) is 0 Å². The molecule has 0 aliphatic rings. The van der Waals surface area contributed by atoms with Crippen LogP contribution in [-0.4, -0.2) is 22.3 Å². The monoisotopic (exact) mass is 196 g/mol. The van der Waals surface area contributed by atoms with Gasteiger partial charge >= 0.3 is 13.8 Å². The molecule has 6 nitrogen and oxygen atoms in total. The Hall–Kier alpha value is -0.680. The Morgan fingerprint density at radius 3 is 2.58 bits per heavy atom. The Morgan fingerprint density at radius 1 is 1.75 bits per heavy atom. The maximum atomic E-state index is 10.7. The summed E-state index contributed by atoms with van der Waals surface area (Å²) in [7, 11) is -4.49.